The molecule has 0 amide bonds. The molecule has 0 bridgehead atoms. The number of aromatic nitrogens is 1. The number of benzene rings is 2. The van der Waals surface area contributed by atoms with Crippen LogP contribution in [0.25, 0.3) is 6.08 Å². The first-order valence-corrected chi connectivity index (χ1v) is 14.7. The Bertz CT molecular complexity index is 1720. The minimum absolute atomic E-state index is 0.0362. The normalized spacial score (nSPS) is 14.6. The van der Waals surface area contributed by atoms with Crippen LogP contribution in [0, 0.1) is 0 Å². The summed E-state index contributed by atoms with van der Waals surface area (Å²) in [5, 5.41) is 10.6. The number of nitrogens with zero attached hydrogens (tertiary/aromatic N) is 2. The molecule has 0 aliphatic carbocycles. The van der Waals surface area contributed by atoms with Gasteiger partial charge in [-0.3, -0.25) is 9.36 Å². The molecule has 1 aromatic heterocycles. The van der Waals surface area contributed by atoms with Crippen molar-refractivity contribution in [2.75, 3.05) is 40.6 Å². The van der Waals surface area contributed by atoms with E-state index >= 15 is 0 Å². The first-order chi connectivity index (χ1) is 20.8. The summed E-state index contributed by atoms with van der Waals surface area (Å²) in [7, 11) is 3.05. The van der Waals surface area contributed by atoms with Crippen LogP contribution in [-0.4, -0.2) is 56.3 Å². The Kier molecular flexibility index (Phi) is 10.4. The van der Waals surface area contributed by atoms with Gasteiger partial charge in [0.05, 0.1) is 42.7 Å². The van der Waals surface area contributed by atoms with Crippen molar-refractivity contribution in [1.82, 2.24) is 4.57 Å². The van der Waals surface area contributed by atoms with E-state index in [9.17, 15) is 14.7 Å². The van der Waals surface area contributed by atoms with Gasteiger partial charge in [0.1, 0.15) is 12.6 Å². The van der Waals surface area contributed by atoms with Crippen molar-refractivity contribution in [3.8, 4) is 23.0 Å². The highest BCUT2D eigenvalue weighted by atomic mass is 32.1. The van der Waals surface area contributed by atoms with Crippen molar-refractivity contribution >= 4 is 23.4 Å². The molecule has 0 saturated carbocycles. The highest BCUT2D eigenvalue weighted by Gasteiger charge is 2.36. The van der Waals surface area contributed by atoms with Gasteiger partial charge in [-0.05, 0) is 57.0 Å². The van der Waals surface area contributed by atoms with Gasteiger partial charge in [0.2, 0.25) is 0 Å². The van der Waals surface area contributed by atoms with E-state index in [1.165, 1.54) is 30.1 Å². The largest absolute Gasteiger partial charge is 0.504 e. The standard InChI is InChI=1S/C32H36N2O8S/c1-7-11-21-16-20(17-24(28(21)35)40-8-2)18-25-30(36)34-27(22-12-10-13-23(39-6)29(22)41-9-3)26(19(4)33-32(34)43-25)31(37)42-15-14-38-5/h7,10,12-13,16-18,27,35H,1,8-9,11,14-15H2,2-6H3/b25-18+/t27-/m1/s1. The lowest BCUT2D eigenvalue weighted by Crippen LogP contribution is -2.40. The van der Waals surface area contributed by atoms with Gasteiger partial charge in [-0.25, -0.2) is 9.79 Å². The Labute approximate surface area is 253 Å². The van der Waals surface area contributed by atoms with E-state index in [1.807, 2.05) is 13.8 Å². The summed E-state index contributed by atoms with van der Waals surface area (Å²) in [5.74, 6) is 0.614. The number of hydrogen-bond donors (Lipinski definition) is 1. The van der Waals surface area contributed by atoms with Gasteiger partial charge in [-0.15, -0.1) is 6.58 Å². The number of carbonyl (C=O) groups is 1. The molecule has 0 fully saturated rings. The lowest BCUT2D eigenvalue weighted by molar-refractivity contribution is -0.140. The summed E-state index contributed by atoms with van der Waals surface area (Å²) in [6.07, 6.45) is 3.82. The van der Waals surface area contributed by atoms with Crippen LogP contribution in [-0.2, 0) is 20.7 Å². The zero-order valence-corrected chi connectivity index (χ0v) is 25.8. The SMILES string of the molecule is C=CCc1cc(/C=c2/sc3n(c2=O)[C@H](c2cccc(OC)c2OCC)C(C(=O)OCCOC)=C(C)N=3)cc(OCC)c1O. The lowest BCUT2D eigenvalue weighted by Gasteiger charge is -2.27. The number of esters is 1. The molecule has 2 heterocycles. The van der Waals surface area contributed by atoms with E-state index in [0.717, 1.165) is 0 Å². The Balaban J connectivity index is 1.97. The summed E-state index contributed by atoms with van der Waals surface area (Å²) in [4.78, 5) is 32.7. The van der Waals surface area contributed by atoms with Crippen LogP contribution in [0.4, 0.5) is 0 Å². The molecule has 1 aliphatic heterocycles. The fourth-order valence-electron chi connectivity index (χ4n) is 4.88. The number of phenolic OH excluding ortho intramolecular Hbond substituents is 1. The Hall–Kier alpha value is -4.35. The third-order valence-electron chi connectivity index (χ3n) is 6.71. The minimum atomic E-state index is -0.903. The molecule has 1 N–H and O–H groups in total. The first-order valence-electron chi connectivity index (χ1n) is 13.9. The molecular formula is C32H36N2O8S. The molecule has 43 heavy (non-hydrogen) atoms. The molecule has 0 saturated heterocycles. The second-order valence-electron chi connectivity index (χ2n) is 9.47. The molecule has 0 spiro atoms. The smallest absolute Gasteiger partial charge is 0.338 e. The zero-order valence-electron chi connectivity index (χ0n) is 25.0. The topological polar surface area (TPSA) is 118 Å². The number of rotatable bonds is 13. The number of aromatic hydroxyl groups is 1. The van der Waals surface area contributed by atoms with E-state index < -0.39 is 12.0 Å². The molecule has 3 aromatic rings. The molecule has 2 aromatic carbocycles. The van der Waals surface area contributed by atoms with Crippen LogP contribution in [0.15, 0.2) is 64.0 Å². The van der Waals surface area contributed by atoms with E-state index in [-0.39, 0.29) is 30.1 Å². The number of methoxy groups -OCH3 is 2. The number of phenols is 1. The average molecular weight is 609 g/mol. The summed E-state index contributed by atoms with van der Waals surface area (Å²) in [6.45, 7) is 10.1. The van der Waals surface area contributed by atoms with Crippen LogP contribution in [0.3, 0.4) is 0 Å². The molecule has 0 radical (unpaired) electrons. The maximum Gasteiger partial charge on any atom is 0.338 e. The fourth-order valence-corrected chi connectivity index (χ4v) is 5.93. The van der Waals surface area contributed by atoms with Gasteiger partial charge in [-0.2, -0.15) is 0 Å². The Morgan fingerprint density at radius 1 is 1.14 bits per heavy atom. The van der Waals surface area contributed by atoms with E-state index in [0.29, 0.717) is 68.6 Å². The molecule has 228 valence electrons. The predicted octanol–water partition coefficient (Wildman–Crippen LogP) is 3.66. The summed E-state index contributed by atoms with van der Waals surface area (Å²) < 4.78 is 29.7. The molecule has 0 unspecified atom stereocenters. The summed E-state index contributed by atoms with van der Waals surface area (Å²) in [6, 6.07) is 7.90. The molecule has 1 aliphatic rings. The zero-order chi connectivity index (χ0) is 31.1. The Morgan fingerprint density at radius 2 is 1.91 bits per heavy atom. The van der Waals surface area contributed by atoms with Gasteiger partial charge in [-0.1, -0.05) is 29.5 Å². The van der Waals surface area contributed by atoms with Gasteiger partial charge < -0.3 is 28.8 Å². The number of para-hydroxylation sites is 1. The number of carbonyl (C=O) groups excluding carboxylic acids is 1. The van der Waals surface area contributed by atoms with Gasteiger partial charge in [0.25, 0.3) is 5.56 Å². The number of hydrogen-bond acceptors (Lipinski definition) is 10. The monoisotopic (exact) mass is 608 g/mol. The first kappa shape index (κ1) is 31.6. The summed E-state index contributed by atoms with van der Waals surface area (Å²) in [5.41, 5.74) is 2.10. The predicted molar refractivity (Wildman–Crippen MR) is 164 cm³/mol. The molecule has 10 nitrogen and oxygen atoms in total. The number of fused-ring (bicyclic) bond motifs is 1. The third-order valence-corrected chi connectivity index (χ3v) is 7.70. The van der Waals surface area contributed by atoms with E-state index in [1.54, 1.807) is 49.4 Å². The fraction of sp³-hybridized carbons (Fsp3) is 0.344. The second kappa shape index (κ2) is 14.2. The van der Waals surface area contributed by atoms with Crippen molar-refractivity contribution in [1.29, 1.82) is 0 Å². The van der Waals surface area contributed by atoms with Crippen molar-refractivity contribution < 1.29 is 33.6 Å². The maximum atomic E-state index is 14.2. The van der Waals surface area contributed by atoms with Crippen LogP contribution in [0.5, 0.6) is 23.0 Å². The summed E-state index contributed by atoms with van der Waals surface area (Å²) >= 11 is 1.19. The minimum Gasteiger partial charge on any atom is -0.504 e. The number of thiazole rings is 1. The molecule has 1 atom stereocenters. The van der Waals surface area contributed by atoms with Crippen molar-refractivity contribution in [3.05, 3.63) is 90.6 Å². The van der Waals surface area contributed by atoms with Crippen molar-refractivity contribution in [2.24, 2.45) is 4.99 Å². The van der Waals surface area contributed by atoms with E-state index in [2.05, 4.69) is 11.6 Å². The quantitative estimate of drug-likeness (QED) is 0.178. The Morgan fingerprint density at radius 3 is 2.58 bits per heavy atom. The molecular weight excluding hydrogens is 572 g/mol. The lowest BCUT2D eigenvalue weighted by atomic mass is 9.94. The van der Waals surface area contributed by atoms with Crippen LogP contribution < -0.4 is 29.1 Å². The molecule has 4 rings (SSSR count). The van der Waals surface area contributed by atoms with Crippen molar-refractivity contribution in [2.45, 2.75) is 33.2 Å². The molecule has 11 heteroatoms. The highest BCUT2D eigenvalue weighted by molar-refractivity contribution is 7.07. The van der Waals surface area contributed by atoms with Crippen LogP contribution in [0.1, 0.15) is 43.5 Å². The van der Waals surface area contributed by atoms with Crippen LogP contribution >= 0.6 is 11.3 Å². The maximum absolute atomic E-state index is 14.2. The average Bonchev–Trinajstić information content (AvgIpc) is 3.29. The van der Waals surface area contributed by atoms with Gasteiger partial charge >= 0.3 is 5.97 Å². The van der Waals surface area contributed by atoms with E-state index in [4.69, 9.17) is 23.7 Å². The second-order valence-corrected chi connectivity index (χ2v) is 10.5. The number of ether oxygens (including phenoxy) is 5. The van der Waals surface area contributed by atoms with Crippen molar-refractivity contribution in [3.63, 3.8) is 0 Å². The van der Waals surface area contributed by atoms with Gasteiger partial charge in [0.15, 0.2) is 27.8 Å². The van der Waals surface area contributed by atoms with Gasteiger partial charge in [0, 0.05) is 18.2 Å². The highest BCUT2D eigenvalue weighted by Crippen LogP contribution is 2.41. The third kappa shape index (κ3) is 6.52. The number of allylic oxidation sites excluding steroid dienone is 2. The van der Waals surface area contributed by atoms with Crippen LogP contribution in [0.2, 0.25) is 0 Å².